The molecule has 0 aliphatic carbocycles. The molecule has 6 heteroatoms. The molecule has 0 saturated carbocycles. The van der Waals surface area contributed by atoms with Crippen LogP contribution < -0.4 is 9.47 Å². The second-order valence-electron chi connectivity index (χ2n) is 6.30. The van der Waals surface area contributed by atoms with Crippen molar-refractivity contribution in [2.75, 3.05) is 20.8 Å². The Bertz CT molecular complexity index is 580. The summed E-state index contributed by atoms with van der Waals surface area (Å²) in [6.07, 6.45) is 0. The summed E-state index contributed by atoms with van der Waals surface area (Å²) in [5.74, 6) is -0.109. The van der Waals surface area contributed by atoms with Crippen LogP contribution in [-0.2, 0) is 4.79 Å². The summed E-state index contributed by atoms with van der Waals surface area (Å²) in [5, 5.41) is 9.24. The fourth-order valence-corrected chi connectivity index (χ4v) is 1.77. The fourth-order valence-electron chi connectivity index (χ4n) is 1.77. The minimum Gasteiger partial charge on any atom is -0.493 e. The molecular weight excluding hydrogens is 298 g/mol. The van der Waals surface area contributed by atoms with E-state index in [0.29, 0.717) is 29.6 Å². The fraction of sp³-hybridized carbons (Fsp3) is 0.529. The van der Waals surface area contributed by atoms with E-state index in [0.717, 1.165) is 0 Å². The van der Waals surface area contributed by atoms with Crippen LogP contribution in [0.2, 0.25) is 0 Å². The first kappa shape index (κ1) is 18.8. The van der Waals surface area contributed by atoms with E-state index in [1.807, 2.05) is 13.8 Å². The zero-order valence-electron chi connectivity index (χ0n) is 14.5. The Balaban J connectivity index is 3.05. The van der Waals surface area contributed by atoms with Gasteiger partial charge in [0, 0.05) is 12.6 Å². The molecule has 0 bridgehead atoms. The number of amides is 1. The van der Waals surface area contributed by atoms with E-state index >= 15 is 0 Å². The number of ether oxygens (including phenoxy) is 2. The van der Waals surface area contributed by atoms with Crippen LogP contribution in [0.3, 0.4) is 0 Å². The van der Waals surface area contributed by atoms with Crippen LogP contribution in [0.15, 0.2) is 18.2 Å². The van der Waals surface area contributed by atoms with E-state index in [9.17, 15) is 14.7 Å². The first-order valence-corrected chi connectivity index (χ1v) is 7.43. The van der Waals surface area contributed by atoms with Gasteiger partial charge >= 0.3 is 5.97 Å². The Kier molecular flexibility index (Phi) is 6.01. The lowest BCUT2D eigenvalue weighted by Gasteiger charge is -2.31. The van der Waals surface area contributed by atoms with Crippen molar-refractivity contribution in [1.82, 2.24) is 4.90 Å². The smallest absolute Gasteiger partial charge is 0.329 e. The number of carboxylic acid groups (broad SMARTS) is 1. The minimum atomic E-state index is -1.31. The maximum Gasteiger partial charge on any atom is 0.329 e. The predicted molar refractivity (Wildman–Crippen MR) is 87.1 cm³/mol. The summed E-state index contributed by atoms with van der Waals surface area (Å²) in [6, 6.07) is 4.83. The zero-order valence-corrected chi connectivity index (χ0v) is 14.5. The molecule has 0 unspecified atom stereocenters. The third kappa shape index (κ3) is 4.37. The average Bonchev–Trinajstić information content (AvgIpc) is 2.50. The van der Waals surface area contributed by atoms with Crippen LogP contribution in [0.4, 0.5) is 0 Å². The van der Waals surface area contributed by atoms with E-state index in [2.05, 4.69) is 0 Å². The molecule has 0 heterocycles. The van der Waals surface area contributed by atoms with E-state index in [1.54, 1.807) is 18.2 Å². The highest BCUT2D eigenvalue weighted by atomic mass is 16.5. The van der Waals surface area contributed by atoms with Gasteiger partial charge in [-0.15, -0.1) is 0 Å². The number of rotatable bonds is 7. The molecule has 128 valence electrons. The lowest BCUT2D eigenvalue weighted by Crippen LogP contribution is -2.50. The predicted octanol–water partition coefficient (Wildman–Crippen LogP) is 2.67. The highest BCUT2D eigenvalue weighted by molar-refractivity contribution is 5.98. The van der Waals surface area contributed by atoms with Crippen molar-refractivity contribution < 1.29 is 24.2 Å². The molecule has 1 amide bonds. The Morgan fingerprint density at radius 2 is 1.87 bits per heavy atom. The third-order valence-electron chi connectivity index (χ3n) is 3.65. The van der Waals surface area contributed by atoms with Gasteiger partial charge < -0.3 is 19.5 Å². The monoisotopic (exact) mass is 323 g/mol. The van der Waals surface area contributed by atoms with Crippen LogP contribution in [-0.4, -0.2) is 48.2 Å². The minimum absolute atomic E-state index is 0.343. The van der Waals surface area contributed by atoms with Gasteiger partial charge in [0.1, 0.15) is 5.54 Å². The van der Waals surface area contributed by atoms with Gasteiger partial charge in [-0.3, -0.25) is 4.79 Å². The standard InChI is InChI=1S/C17H25NO5/c1-11(2)10-23-13-8-7-12(9-14(13)22-6)15(19)18(5)17(3,4)16(20)21/h7-9,11H,10H2,1-6H3,(H,20,21). The molecule has 0 saturated heterocycles. The van der Waals surface area contributed by atoms with Crippen molar-refractivity contribution in [3.8, 4) is 11.5 Å². The molecule has 0 spiro atoms. The van der Waals surface area contributed by atoms with Crippen molar-refractivity contribution in [1.29, 1.82) is 0 Å². The van der Waals surface area contributed by atoms with Gasteiger partial charge in [-0.05, 0) is 38.0 Å². The highest BCUT2D eigenvalue weighted by Gasteiger charge is 2.35. The maximum atomic E-state index is 12.5. The molecule has 0 atom stereocenters. The lowest BCUT2D eigenvalue weighted by atomic mass is 10.0. The molecule has 0 fully saturated rings. The number of carboxylic acids is 1. The van der Waals surface area contributed by atoms with Gasteiger partial charge in [0.25, 0.3) is 5.91 Å². The summed E-state index contributed by atoms with van der Waals surface area (Å²) < 4.78 is 10.9. The molecule has 1 aromatic carbocycles. The summed E-state index contributed by atoms with van der Waals surface area (Å²) in [5.41, 5.74) is -0.965. The van der Waals surface area contributed by atoms with E-state index < -0.39 is 17.4 Å². The number of hydrogen-bond acceptors (Lipinski definition) is 4. The summed E-state index contributed by atoms with van der Waals surface area (Å²) >= 11 is 0. The number of likely N-dealkylation sites (N-methyl/N-ethyl adjacent to an activating group) is 1. The Hall–Kier alpha value is -2.24. The number of methoxy groups -OCH3 is 1. The van der Waals surface area contributed by atoms with Crippen LogP contribution in [0.25, 0.3) is 0 Å². The van der Waals surface area contributed by atoms with E-state index in [1.165, 1.54) is 32.9 Å². The molecule has 0 aliphatic heterocycles. The van der Waals surface area contributed by atoms with Crippen molar-refractivity contribution in [3.63, 3.8) is 0 Å². The molecular formula is C17H25NO5. The summed E-state index contributed by atoms with van der Waals surface area (Å²) in [4.78, 5) is 25.0. The lowest BCUT2D eigenvalue weighted by molar-refractivity contribution is -0.147. The number of carbonyl (C=O) groups excluding carboxylic acids is 1. The Labute approximate surface area is 137 Å². The third-order valence-corrected chi connectivity index (χ3v) is 3.65. The normalized spacial score (nSPS) is 11.3. The Morgan fingerprint density at radius 3 is 2.35 bits per heavy atom. The van der Waals surface area contributed by atoms with Crippen LogP contribution >= 0.6 is 0 Å². The number of nitrogens with zero attached hydrogens (tertiary/aromatic N) is 1. The SMILES string of the molecule is COc1cc(C(=O)N(C)C(C)(C)C(=O)O)ccc1OCC(C)C. The Morgan fingerprint density at radius 1 is 1.26 bits per heavy atom. The summed E-state index contributed by atoms with van der Waals surface area (Å²) in [6.45, 7) is 7.56. The largest absolute Gasteiger partial charge is 0.493 e. The quantitative estimate of drug-likeness (QED) is 0.835. The van der Waals surface area contributed by atoms with E-state index in [4.69, 9.17) is 9.47 Å². The van der Waals surface area contributed by atoms with Crippen molar-refractivity contribution in [3.05, 3.63) is 23.8 Å². The van der Waals surface area contributed by atoms with Crippen LogP contribution in [0, 0.1) is 5.92 Å². The van der Waals surface area contributed by atoms with Gasteiger partial charge in [0.15, 0.2) is 11.5 Å². The van der Waals surface area contributed by atoms with Crippen LogP contribution in [0.5, 0.6) is 11.5 Å². The van der Waals surface area contributed by atoms with Crippen LogP contribution in [0.1, 0.15) is 38.1 Å². The van der Waals surface area contributed by atoms with Gasteiger partial charge in [-0.25, -0.2) is 4.79 Å². The van der Waals surface area contributed by atoms with Gasteiger partial charge in [-0.1, -0.05) is 13.8 Å². The average molecular weight is 323 g/mol. The molecule has 1 rings (SSSR count). The molecule has 1 aromatic rings. The first-order chi connectivity index (χ1) is 10.6. The zero-order chi connectivity index (χ0) is 17.8. The molecule has 23 heavy (non-hydrogen) atoms. The number of benzene rings is 1. The summed E-state index contributed by atoms with van der Waals surface area (Å²) in [7, 11) is 2.96. The van der Waals surface area contributed by atoms with Crippen molar-refractivity contribution in [2.45, 2.75) is 33.2 Å². The van der Waals surface area contributed by atoms with Crippen molar-refractivity contribution in [2.24, 2.45) is 5.92 Å². The topological polar surface area (TPSA) is 76.1 Å². The number of carbonyl (C=O) groups is 2. The van der Waals surface area contributed by atoms with Crippen molar-refractivity contribution >= 4 is 11.9 Å². The highest BCUT2D eigenvalue weighted by Crippen LogP contribution is 2.29. The van der Waals surface area contributed by atoms with Gasteiger partial charge in [0.2, 0.25) is 0 Å². The number of hydrogen-bond donors (Lipinski definition) is 1. The molecule has 1 N–H and O–H groups in total. The van der Waals surface area contributed by atoms with Gasteiger partial charge in [-0.2, -0.15) is 0 Å². The second-order valence-corrected chi connectivity index (χ2v) is 6.30. The maximum absolute atomic E-state index is 12.5. The number of aliphatic carboxylic acids is 1. The van der Waals surface area contributed by atoms with E-state index in [-0.39, 0.29) is 0 Å². The van der Waals surface area contributed by atoms with Gasteiger partial charge in [0.05, 0.1) is 13.7 Å². The molecule has 6 nitrogen and oxygen atoms in total. The first-order valence-electron chi connectivity index (χ1n) is 7.43. The second kappa shape index (κ2) is 7.35. The molecule has 0 radical (unpaired) electrons. The molecule has 0 aromatic heterocycles. The molecule has 0 aliphatic rings.